The highest BCUT2D eigenvalue weighted by Crippen LogP contribution is 2.24. The fourth-order valence-electron chi connectivity index (χ4n) is 2.29. The summed E-state index contributed by atoms with van der Waals surface area (Å²) in [6.45, 7) is 6.81. The van der Waals surface area contributed by atoms with Crippen molar-refractivity contribution in [1.29, 1.82) is 0 Å². The number of halogens is 1. The molecule has 0 saturated carbocycles. The second kappa shape index (κ2) is 14.2. The number of hydrogen-bond donors (Lipinski definition) is 2. The third-order valence-electron chi connectivity index (χ3n) is 3.55. The van der Waals surface area contributed by atoms with Crippen LogP contribution >= 0.6 is 24.0 Å². The van der Waals surface area contributed by atoms with Crippen LogP contribution < -0.4 is 20.1 Å². The van der Waals surface area contributed by atoms with E-state index in [1.165, 1.54) is 12.8 Å². The highest BCUT2D eigenvalue weighted by molar-refractivity contribution is 14.0. The zero-order valence-corrected chi connectivity index (χ0v) is 17.7. The van der Waals surface area contributed by atoms with Crippen molar-refractivity contribution in [3.63, 3.8) is 0 Å². The normalized spacial score (nSPS) is 10.8. The van der Waals surface area contributed by atoms with Gasteiger partial charge in [0.2, 0.25) is 0 Å². The molecule has 24 heavy (non-hydrogen) atoms. The minimum atomic E-state index is 0. The summed E-state index contributed by atoms with van der Waals surface area (Å²) in [5, 5.41) is 6.66. The summed E-state index contributed by atoms with van der Waals surface area (Å²) in [7, 11) is 3.37. The first-order chi connectivity index (χ1) is 11.2. The Morgan fingerprint density at radius 1 is 1.08 bits per heavy atom. The van der Waals surface area contributed by atoms with Crippen LogP contribution in [0.5, 0.6) is 11.5 Å². The molecule has 0 saturated heterocycles. The third-order valence-corrected chi connectivity index (χ3v) is 3.55. The van der Waals surface area contributed by atoms with Gasteiger partial charge < -0.3 is 20.1 Å². The molecule has 0 heterocycles. The van der Waals surface area contributed by atoms with E-state index in [1.54, 1.807) is 14.2 Å². The van der Waals surface area contributed by atoms with Crippen LogP contribution in [0.3, 0.4) is 0 Å². The van der Waals surface area contributed by atoms with Gasteiger partial charge in [-0.05, 0) is 43.5 Å². The number of benzene rings is 1. The SMILES string of the molecule is CCCCCN=C(NCC)NCCc1cc(OC)ccc1OC.I. The molecule has 0 atom stereocenters. The molecule has 0 aliphatic rings. The smallest absolute Gasteiger partial charge is 0.191 e. The second-order valence-electron chi connectivity index (χ2n) is 5.32. The molecular weight excluding hydrogens is 417 g/mol. The van der Waals surface area contributed by atoms with Gasteiger partial charge in [-0.25, -0.2) is 0 Å². The highest BCUT2D eigenvalue weighted by Gasteiger charge is 2.05. The van der Waals surface area contributed by atoms with Crippen molar-refractivity contribution in [1.82, 2.24) is 10.6 Å². The van der Waals surface area contributed by atoms with Crippen LogP contribution in [0.25, 0.3) is 0 Å². The molecule has 0 unspecified atom stereocenters. The molecule has 5 nitrogen and oxygen atoms in total. The lowest BCUT2D eigenvalue weighted by Gasteiger charge is -2.13. The van der Waals surface area contributed by atoms with Crippen LogP contribution in [0.1, 0.15) is 38.7 Å². The molecule has 0 amide bonds. The number of methoxy groups -OCH3 is 2. The molecule has 1 aromatic rings. The molecule has 1 rings (SSSR count). The monoisotopic (exact) mass is 449 g/mol. The minimum Gasteiger partial charge on any atom is -0.497 e. The van der Waals surface area contributed by atoms with Gasteiger partial charge >= 0.3 is 0 Å². The summed E-state index contributed by atoms with van der Waals surface area (Å²) in [5.74, 6) is 2.61. The molecule has 0 aliphatic heterocycles. The summed E-state index contributed by atoms with van der Waals surface area (Å²) in [5.41, 5.74) is 1.13. The van der Waals surface area contributed by atoms with E-state index >= 15 is 0 Å². The van der Waals surface area contributed by atoms with Gasteiger partial charge in [-0.15, -0.1) is 24.0 Å². The molecular formula is C18H32IN3O2. The summed E-state index contributed by atoms with van der Waals surface area (Å²) in [6, 6.07) is 5.87. The maximum Gasteiger partial charge on any atom is 0.191 e. The quantitative estimate of drug-likeness (QED) is 0.248. The summed E-state index contributed by atoms with van der Waals surface area (Å²) in [6.07, 6.45) is 4.43. The van der Waals surface area contributed by atoms with E-state index in [9.17, 15) is 0 Å². The number of rotatable bonds is 10. The Labute approximate surface area is 163 Å². The average molecular weight is 449 g/mol. The second-order valence-corrected chi connectivity index (χ2v) is 5.32. The van der Waals surface area contributed by atoms with Crippen LogP contribution in [0.4, 0.5) is 0 Å². The Morgan fingerprint density at radius 2 is 1.88 bits per heavy atom. The van der Waals surface area contributed by atoms with Crippen molar-refractivity contribution < 1.29 is 9.47 Å². The molecule has 0 bridgehead atoms. The van der Waals surface area contributed by atoms with Gasteiger partial charge in [0.1, 0.15) is 11.5 Å². The summed E-state index contributed by atoms with van der Waals surface area (Å²) in [4.78, 5) is 4.60. The van der Waals surface area contributed by atoms with Crippen molar-refractivity contribution in [3.05, 3.63) is 23.8 Å². The Hall–Kier alpha value is -1.18. The molecule has 0 spiro atoms. The molecule has 2 N–H and O–H groups in total. The standard InChI is InChI=1S/C18H31N3O2.HI/c1-5-7-8-12-20-18(19-6-2)21-13-11-15-14-16(22-3)9-10-17(15)23-4;/h9-10,14H,5-8,11-13H2,1-4H3,(H2,19,20,21);1H. The van der Waals surface area contributed by atoms with E-state index in [4.69, 9.17) is 9.47 Å². The lowest BCUT2D eigenvalue weighted by atomic mass is 10.1. The molecule has 0 radical (unpaired) electrons. The van der Waals surface area contributed by atoms with E-state index in [1.807, 2.05) is 18.2 Å². The number of unbranched alkanes of at least 4 members (excludes halogenated alkanes) is 2. The zero-order valence-electron chi connectivity index (χ0n) is 15.4. The first-order valence-corrected chi connectivity index (χ1v) is 8.48. The van der Waals surface area contributed by atoms with Gasteiger partial charge in [0.25, 0.3) is 0 Å². The lowest BCUT2D eigenvalue weighted by molar-refractivity contribution is 0.398. The number of guanidine groups is 1. The van der Waals surface area contributed by atoms with E-state index < -0.39 is 0 Å². The van der Waals surface area contributed by atoms with Gasteiger partial charge in [0, 0.05) is 19.6 Å². The van der Waals surface area contributed by atoms with Crippen LogP contribution in [-0.2, 0) is 6.42 Å². The van der Waals surface area contributed by atoms with Gasteiger partial charge in [0.05, 0.1) is 14.2 Å². The van der Waals surface area contributed by atoms with Gasteiger partial charge in [-0.2, -0.15) is 0 Å². The predicted molar refractivity (Wildman–Crippen MR) is 112 cm³/mol. The van der Waals surface area contributed by atoms with E-state index in [0.717, 1.165) is 55.5 Å². The number of nitrogens with one attached hydrogen (secondary N) is 2. The number of hydrogen-bond acceptors (Lipinski definition) is 3. The Balaban J connectivity index is 0.00000529. The van der Waals surface area contributed by atoms with E-state index in [0.29, 0.717) is 0 Å². The summed E-state index contributed by atoms with van der Waals surface area (Å²) >= 11 is 0. The molecule has 0 aliphatic carbocycles. The van der Waals surface area contributed by atoms with Gasteiger partial charge in [-0.3, -0.25) is 4.99 Å². The largest absolute Gasteiger partial charge is 0.497 e. The first kappa shape index (κ1) is 22.8. The Morgan fingerprint density at radius 3 is 2.50 bits per heavy atom. The van der Waals surface area contributed by atoms with Gasteiger partial charge in [0.15, 0.2) is 5.96 Å². The molecule has 0 aromatic heterocycles. The average Bonchev–Trinajstić information content (AvgIpc) is 2.58. The third kappa shape index (κ3) is 8.61. The molecule has 0 fully saturated rings. The fourth-order valence-corrected chi connectivity index (χ4v) is 2.29. The number of ether oxygens (including phenoxy) is 2. The number of aliphatic imine (C=N–C) groups is 1. The van der Waals surface area contributed by atoms with Crippen molar-refractivity contribution in [3.8, 4) is 11.5 Å². The maximum absolute atomic E-state index is 5.41. The maximum atomic E-state index is 5.41. The van der Waals surface area contributed by atoms with Crippen molar-refractivity contribution >= 4 is 29.9 Å². The minimum absolute atomic E-state index is 0. The van der Waals surface area contributed by atoms with Crippen LogP contribution in [0.2, 0.25) is 0 Å². The van der Waals surface area contributed by atoms with Crippen LogP contribution in [0, 0.1) is 0 Å². The van der Waals surface area contributed by atoms with E-state index in [-0.39, 0.29) is 24.0 Å². The zero-order chi connectivity index (χ0) is 16.9. The fraction of sp³-hybridized carbons (Fsp3) is 0.611. The summed E-state index contributed by atoms with van der Waals surface area (Å²) < 4.78 is 10.7. The molecule has 1 aromatic carbocycles. The number of nitrogens with zero attached hydrogens (tertiary/aromatic N) is 1. The van der Waals surface area contributed by atoms with Gasteiger partial charge in [-0.1, -0.05) is 19.8 Å². The van der Waals surface area contributed by atoms with Crippen molar-refractivity contribution in [2.24, 2.45) is 4.99 Å². The van der Waals surface area contributed by atoms with Crippen LogP contribution in [-0.4, -0.2) is 39.8 Å². The van der Waals surface area contributed by atoms with Crippen LogP contribution in [0.15, 0.2) is 23.2 Å². The van der Waals surface area contributed by atoms with E-state index in [2.05, 4.69) is 29.5 Å². The predicted octanol–water partition coefficient (Wildman–Crippen LogP) is 3.61. The topological polar surface area (TPSA) is 54.9 Å². The highest BCUT2D eigenvalue weighted by atomic mass is 127. The molecule has 6 heteroatoms. The van der Waals surface area contributed by atoms with Crippen molar-refractivity contribution in [2.75, 3.05) is 33.9 Å². The first-order valence-electron chi connectivity index (χ1n) is 8.48. The van der Waals surface area contributed by atoms with Crippen molar-refractivity contribution in [2.45, 2.75) is 39.5 Å². The Kier molecular flexibility index (Phi) is 13.5. The Bertz CT molecular complexity index is 481. The molecule has 138 valence electrons. The lowest BCUT2D eigenvalue weighted by Crippen LogP contribution is -2.38.